The highest BCUT2D eigenvalue weighted by Gasteiger charge is 2.62. The average molecular weight is 226 g/mol. The molecule has 0 aromatic carbocycles. The zero-order valence-electron chi connectivity index (χ0n) is 10.1. The molecule has 4 aliphatic rings. The second-order valence-corrected chi connectivity index (χ2v) is 6.06. The van der Waals surface area contributed by atoms with Crippen LogP contribution in [0.5, 0.6) is 0 Å². The van der Waals surface area contributed by atoms with E-state index in [4.69, 9.17) is 4.74 Å². The number of piperazine rings is 1. The summed E-state index contributed by atoms with van der Waals surface area (Å²) in [5.74, 6) is 0. The molecular weight excluding hydrogens is 204 g/mol. The SMILES string of the molecule is CN1CCN(CC23CC(CO)(CO2)C3)CC1. The van der Waals surface area contributed by atoms with E-state index in [9.17, 15) is 5.11 Å². The van der Waals surface area contributed by atoms with Gasteiger partial charge in [0.05, 0.1) is 18.8 Å². The Kier molecular flexibility index (Phi) is 2.51. The van der Waals surface area contributed by atoms with Gasteiger partial charge in [-0.2, -0.15) is 0 Å². The van der Waals surface area contributed by atoms with Crippen LogP contribution in [-0.2, 0) is 4.74 Å². The summed E-state index contributed by atoms with van der Waals surface area (Å²) in [6, 6.07) is 0. The number of likely N-dealkylation sites (N-methyl/N-ethyl adjacent to an activating group) is 1. The van der Waals surface area contributed by atoms with Gasteiger partial charge < -0.3 is 14.7 Å². The number of aliphatic hydroxyl groups excluding tert-OH is 1. The topological polar surface area (TPSA) is 35.9 Å². The van der Waals surface area contributed by atoms with E-state index in [1.54, 1.807) is 0 Å². The fourth-order valence-electron chi connectivity index (χ4n) is 3.55. The van der Waals surface area contributed by atoms with Crippen LogP contribution in [0.25, 0.3) is 0 Å². The first kappa shape index (κ1) is 11.0. The Balaban J connectivity index is 1.53. The summed E-state index contributed by atoms with van der Waals surface area (Å²) in [4.78, 5) is 4.90. The molecule has 0 spiro atoms. The second kappa shape index (κ2) is 3.67. The third-order valence-electron chi connectivity index (χ3n) is 4.52. The highest BCUT2D eigenvalue weighted by Crippen LogP contribution is 2.57. The van der Waals surface area contributed by atoms with E-state index in [-0.39, 0.29) is 11.0 Å². The van der Waals surface area contributed by atoms with Gasteiger partial charge in [-0.15, -0.1) is 0 Å². The van der Waals surface area contributed by atoms with Crippen LogP contribution in [0, 0.1) is 5.41 Å². The summed E-state index contributed by atoms with van der Waals surface area (Å²) in [7, 11) is 2.18. The van der Waals surface area contributed by atoms with Gasteiger partial charge in [-0.25, -0.2) is 0 Å². The summed E-state index contributed by atoms with van der Waals surface area (Å²) < 4.78 is 5.92. The van der Waals surface area contributed by atoms with E-state index in [1.165, 1.54) is 13.1 Å². The van der Waals surface area contributed by atoms with E-state index in [1.807, 2.05) is 0 Å². The van der Waals surface area contributed by atoms with Gasteiger partial charge in [0.1, 0.15) is 0 Å². The lowest BCUT2D eigenvalue weighted by Gasteiger charge is -2.47. The van der Waals surface area contributed by atoms with Crippen LogP contribution in [0.3, 0.4) is 0 Å². The molecule has 0 atom stereocenters. The number of rotatable bonds is 3. The second-order valence-electron chi connectivity index (χ2n) is 6.06. The maximum absolute atomic E-state index is 9.32. The van der Waals surface area contributed by atoms with Crippen molar-refractivity contribution < 1.29 is 9.84 Å². The predicted molar refractivity (Wildman–Crippen MR) is 61.4 cm³/mol. The fourth-order valence-corrected chi connectivity index (χ4v) is 3.55. The molecule has 0 radical (unpaired) electrons. The van der Waals surface area contributed by atoms with Gasteiger partial charge >= 0.3 is 0 Å². The van der Waals surface area contributed by atoms with Crippen molar-refractivity contribution in [3.63, 3.8) is 0 Å². The third kappa shape index (κ3) is 1.68. The largest absolute Gasteiger partial charge is 0.396 e. The molecule has 0 aromatic rings. The van der Waals surface area contributed by atoms with Crippen molar-refractivity contribution >= 4 is 0 Å². The summed E-state index contributed by atoms with van der Waals surface area (Å²) in [6.07, 6.45) is 2.14. The minimum atomic E-state index is 0.0959. The summed E-state index contributed by atoms with van der Waals surface area (Å²) in [5, 5.41) is 9.32. The van der Waals surface area contributed by atoms with Crippen LogP contribution < -0.4 is 0 Å². The molecule has 4 fully saturated rings. The van der Waals surface area contributed by atoms with E-state index in [0.29, 0.717) is 6.61 Å². The number of aliphatic hydroxyl groups is 1. The van der Waals surface area contributed by atoms with Crippen molar-refractivity contribution in [1.82, 2.24) is 9.80 Å². The first-order chi connectivity index (χ1) is 7.65. The maximum atomic E-state index is 9.32. The van der Waals surface area contributed by atoms with Crippen LogP contribution in [0.4, 0.5) is 0 Å². The van der Waals surface area contributed by atoms with Crippen LogP contribution in [0.15, 0.2) is 0 Å². The van der Waals surface area contributed by atoms with Gasteiger partial charge in [0.25, 0.3) is 0 Å². The van der Waals surface area contributed by atoms with Gasteiger partial charge in [0.2, 0.25) is 0 Å². The molecule has 1 saturated carbocycles. The van der Waals surface area contributed by atoms with E-state index >= 15 is 0 Å². The van der Waals surface area contributed by atoms with Gasteiger partial charge in [0.15, 0.2) is 0 Å². The molecule has 3 saturated heterocycles. The molecule has 4 heteroatoms. The quantitative estimate of drug-likeness (QED) is 0.721. The lowest BCUT2D eigenvalue weighted by Crippen LogP contribution is -2.56. The zero-order chi connectivity index (χ0) is 11.2. The molecule has 4 rings (SSSR count). The molecule has 16 heavy (non-hydrogen) atoms. The summed E-state index contributed by atoms with van der Waals surface area (Å²) >= 11 is 0. The lowest BCUT2D eigenvalue weighted by molar-refractivity contribution is -0.0581. The Morgan fingerprint density at radius 2 is 1.88 bits per heavy atom. The molecule has 0 aromatic heterocycles. The molecule has 3 heterocycles. The zero-order valence-corrected chi connectivity index (χ0v) is 10.1. The molecular formula is C12H22N2O2. The number of hydrogen-bond donors (Lipinski definition) is 1. The first-order valence-corrected chi connectivity index (χ1v) is 6.31. The van der Waals surface area contributed by atoms with Gasteiger partial charge in [-0.05, 0) is 19.9 Å². The van der Waals surface area contributed by atoms with E-state index in [2.05, 4.69) is 16.8 Å². The fraction of sp³-hybridized carbons (Fsp3) is 1.00. The van der Waals surface area contributed by atoms with E-state index < -0.39 is 0 Å². The molecule has 0 unspecified atom stereocenters. The molecule has 4 nitrogen and oxygen atoms in total. The third-order valence-corrected chi connectivity index (χ3v) is 4.52. The molecule has 0 amide bonds. The summed E-state index contributed by atoms with van der Waals surface area (Å²) in [5.41, 5.74) is 0.227. The molecule has 92 valence electrons. The Morgan fingerprint density at radius 3 is 2.44 bits per heavy atom. The molecule has 3 aliphatic heterocycles. The Labute approximate surface area is 97.2 Å². The normalized spacial score (nSPS) is 44.6. The number of fused-ring (bicyclic) bond motifs is 1. The highest BCUT2D eigenvalue weighted by molar-refractivity contribution is 5.12. The van der Waals surface area contributed by atoms with Crippen LogP contribution in [-0.4, -0.2) is 73.5 Å². The molecule has 2 bridgehead atoms. The summed E-state index contributed by atoms with van der Waals surface area (Å²) in [6.45, 7) is 6.81. The van der Waals surface area contributed by atoms with Crippen molar-refractivity contribution in [3.8, 4) is 0 Å². The Hall–Kier alpha value is -0.160. The monoisotopic (exact) mass is 226 g/mol. The van der Waals surface area contributed by atoms with Crippen LogP contribution in [0.2, 0.25) is 0 Å². The van der Waals surface area contributed by atoms with Crippen molar-refractivity contribution in [2.45, 2.75) is 18.4 Å². The number of ether oxygens (including phenoxy) is 1. The smallest absolute Gasteiger partial charge is 0.0823 e. The van der Waals surface area contributed by atoms with Crippen molar-refractivity contribution in [2.75, 3.05) is 53.0 Å². The Morgan fingerprint density at radius 1 is 1.19 bits per heavy atom. The van der Waals surface area contributed by atoms with E-state index in [0.717, 1.165) is 39.1 Å². The Bertz CT molecular complexity index is 268. The standard InChI is InChI=1S/C12H22N2O2/c1-13-2-4-14(5-3-13)8-12-6-11(7-12,9-15)10-16-12/h15H,2-10H2,1H3. The first-order valence-electron chi connectivity index (χ1n) is 6.31. The molecule has 1 aliphatic carbocycles. The highest BCUT2D eigenvalue weighted by atomic mass is 16.5. The predicted octanol–water partition coefficient (Wildman–Crippen LogP) is -0.225. The number of nitrogens with zero attached hydrogens (tertiary/aromatic N) is 2. The number of hydrogen-bond acceptors (Lipinski definition) is 4. The average Bonchev–Trinajstić information content (AvgIpc) is 2.77. The molecule has 1 N–H and O–H groups in total. The van der Waals surface area contributed by atoms with Crippen molar-refractivity contribution in [1.29, 1.82) is 0 Å². The van der Waals surface area contributed by atoms with Crippen molar-refractivity contribution in [2.24, 2.45) is 5.41 Å². The maximum Gasteiger partial charge on any atom is 0.0823 e. The van der Waals surface area contributed by atoms with Gasteiger partial charge in [-0.1, -0.05) is 0 Å². The van der Waals surface area contributed by atoms with Gasteiger partial charge in [-0.3, -0.25) is 4.90 Å². The van der Waals surface area contributed by atoms with Crippen LogP contribution in [0.1, 0.15) is 12.8 Å². The lowest BCUT2D eigenvalue weighted by atomic mass is 9.63. The minimum absolute atomic E-state index is 0.0959. The van der Waals surface area contributed by atoms with Gasteiger partial charge in [0, 0.05) is 38.1 Å². The minimum Gasteiger partial charge on any atom is -0.396 e. The van der Waals surface area contributed by atoms with Crippen molar-refractivity contribution in [3.05, 3.63) is 0 Å². The van der Waals surface area contributed by atoms with Crippen LogP contribution >= 0.6 is 0 Å².